The van der Waals surface area contributed by atoms with Gasteiger partial charge in [0.25, 0.3) is 0 Å². The van der Waals surface area contributed by atoms with Gasteiger partial charge in [-0.2, -0.15) is 13.2 Å². The Bertz CT molecular complexity index is 740. The number of aldehydes is 1. The van der Waals surface area contributed by atoms with Crippen molar-refractivity contribution in [1.29, 1.82) is 0 Å². The van der Waals surface area contributed by atoms with Crippen molar-refractivity contribution in [2.75, 3.05) is 11.4 Å². The summed E-state index contributed by atoms with van der Waals surface area (Å²) >= 11 is 0. The van der Waals surface area contributed by atoms with Crippen molar-refractivity contribution >= 4 is 17.8 Å². The summed E-state index contributed by atoms with van der Waals surface area (Å²) in [6.45, 7) is 1.12. The second kappa shape index (κ2) is 6.01. The molecular weight excluding hydrogens is 328 g/mol. The highest BCUT2D eigenvalue weighted by atomic mass is 19.4. The molecule has 0 amide bonds. The zero-order valence-electron chi connectivity index (χ0n) is 12.7. The summed E-state index contributed by atoms with van der Waals surface area (Å²) in [4.78, 5) is 16.0. The number of benzene rings is 1. The van der Waals surface area contributed by atoms with Gasteiger partial charge in [0.05, 0.1) is 18.8 Å². The topological polar surface area (TPSA) is 41.9 Å². The highest BCUT2D eigenvalue weighted by Crippen LogP contribution is 2.40. The van der Waals surface area contributed by atoms with Crippen LogP contribution < -0.4 is 4.90 Å². The van der Waals surface area contributed by atoms with Crippen molar-refractivity contribution in [3.63, 3.8) is 0 Å². The number of ether oxygens (including phenoxy) is 1. The van der Waals surface area contributed by atoms with Crippen LogP contribution in [0.15, 0.2) is 34.5 Å². The van der Waals surface area contributed by atoms with Gasteiger partial charge in [-0.1, -0.05) is 0 Å². The normalized spacial score (nSPS) is 21.0. The molecule has 4 nitrogen and oxygen atoms in total. The minimum Gasteiger partial charge on any atom is -0.365 e. The van der Waals surface area contributed by atoms with Gasteiger partial charge in [-0.05, 0) is 30.7 Å². The summed E-state index contributed by atoms with van der Waals surface area (Å²) in [6.07, 6.45) is -5.09. The lowest BCUT2D eigenvalue weighted by Crippen LogP contribution is -2.46. The molecule has 3 rings (SSSR count). The number of carbonyl (C=O) groups excluding carboxylic acids is 1. The van der Waals surface area contributed by atoms with Gasteiger partial charge in [-0.15, -0.1) is 0 Å². The van der Waals surface area contributed by atoms with Crippen LogP contribution in [-0.4, -0.2) is 30.9 Å². The maximum atomic E-state index is 13.6. The van der Waals surface area contributed by atoms with Gasteiger partial charge in [0.2, 0.25) is 0 Å². The summed E-state index contributed by atoms with van der Waals surface area (Å²) in [7, 11) is 0. The number of allylic oxidation sites excluding steroid dienone is 1. The van der Waals surface area contributed by atoms with Gasteiger partial charge < -0.3 is 9.53 Å². The molecule has 1 atom stereocenters. The number of amidine groups is 1. The number of hydrogen-bond acceptors (Lipinski definition) is 4. The van der Waals surface area contributed by atoms with Crippen LogP contribution in [0, 0.1) is 5.82 Å². The Hall–Kier alpha value is -2.22. The molecule has 2 heterocycles. The molecule has 0 spiro atoms. The average molecular weight is 342 g/mol. The first kappa shape index (κ1) is 16.6. The number of hydrogen-bond donors (Lipinski definition) is 0. The molecule has 24 heavy (non-hydrogen) atoms. The van der Waals surface area contributed by atoms with Crippen LogP contribution in [0.1, 0.15) is 18.9 Å². The van der Waals surface area contributed by atoms with Crippen LogP contribution in [0.25, 0.3) is 0 Å². The molecule has 0 unspecified atom stereocenters. The second-order valence-electron chi connectivity index (χ2n) is 5.61. The monoisotopic (exact) mass is 342 g/mol. The van der Waals surface area contributed by atoms with Crippen molar-refractivity contribution in [2.45, 2.75) is 32.2 Å². The third-order valence-corrected chi connectivity index (χ3v) is 3.92. The van der Waals surface area contributed by atoms with E-state index in [0.717, 1.165) is 17.0 Å². The summed E-state index contributed by atoms with van der Waals surface area (Å²) < 4.78 is 60.0. The fraction of sp³-hybridized carbons (Fsp3) is 0.375. The smallest absolute Gasteiger partial charge is 0.365 e. The molecular formula is C16H14F4N2O2. The van der Waals surface area contributed by atoms with Crippen molar-refractivity contribution < 1.29 is 27.1 Å². The van der Waals surface area contributed by atoms with Gasteiger partial charge in [0.15, 0.2) is 0 Å². The molecule has 0 aromatic heterocycles. The number of nitrogens with zero attached hydrogens (tertiary/aromatic N) is 2. The molecule has 0 saturated carbocycles. The fourth-order valence-electron chi connectivity index (χ4n) is 2.92. The molecule has 1 aromatic rings. The molecule has 2 aliphatic heterocycles. The van der Waals surface area contributed by atoms with E-state index in [2.05, 4.69) is 4.99 Å². The van der Waals surface area contributed by atoms with E-state index >= 15 is 0 Å². The van der Waals surface area contributed by atoms with E-state index in [4.69, 9.17) is 4.74 Å². The first-order valence-corrected chi connectivity index (χ1v) is 7.28. The number of aliphatic imine (C=N–C) groups is 1. The molecule has 8 heteroatoms. The summed E-state index contributed by atoms with van der Waals surface area (Å²) in [5.41, 5.74) is -0.377. The van der Waals surface area contributed by atoms with E-state index in [1.165, 1.54) is 13.0 Å². The third kappa shape index (κ3) is 2.82. The van der Waals surface area contributed by atoms with Crippen LogP contribution in [-0.2, 0) is 16.1 Å². The summed E-state index contributed by atoms with van der Waals surface area (Å²) in [5.74, 6) is -0.554. The van der Waals surface area contributed by atoms with Crippen LogP contribution in [0.5, 0.6) is 0 Å². The second-order valence-corrected chi connectivity index (χ2v) is 5.61. The van der Waals surface area contributed by atoms with E-state index in [0.29, 0.717) is 6.29 Å². The minimum atomic E-state index is -4.62. The predicted octanol–water partition coefficient (Wildman–Crippen LogP) is 3.37. The van der Waals surface area contributed by atoms with Gasteiger partial charge in [-0.25, -0.2) is 4.39 Å². The van der Waals surface area contributed by atoms with Crippen LogP contribution in [0.3, 0.4) is 0 Å². The van der Waals surface area contributed by atoms with Gasteiger partial charge in [0.1, 0.15) is 29.7 Å². The van der Waals surface area contributed by atoms with Crippen molar-refractivity contribution in [2.24, 2.45) is 4.99 Å². The molecule has 2 aliphatic rings. The molecule has 0 saturated heterocycles. The Morgan fingerprint density at radius 2 is 2.17 bits per heavy atom. The van der Waals surface area contributed by atoms with Gasteiger partial charge in [0, 0.05) is 12.0 Å². The Labute approximate surface area is 135 Å². The highest BCUT2D eigenvalue weighted by molar-refractivity contribution is 6.06. The van der Waals surface area contributed by atoms with Gasteiger partial charge >= 0.3 is 6.18 Å². The van der Waals surface area contributed by atoms with Crippen molar-refractivity contribution in [3.05, 3.63) is 40.8 Å². The maximum absolute atomic E-state index is 13.6. The molecule has 0 aliphatic carbocycles. The van der Waals surface area contributed by atoms with Crippen LogP contribution in [0.2, 0.25) is 0 Å². The highest BCUT2D eigenvalue weighted by Gasteiger charge is 2.46. The van der Waals surface area contributed by atoms with E-state index in [-0.39, 0.29) is 42.2 Å². The van der Waals surface area contributed by atoms with E-state index in [1.807, 2.05) is 0 Å². The van der Waals surface area contributed by atoms with Crippen LogP contribution in [0.4, 0.5) is 23.2 Å². The molecule has 0 N–H and O–H groups in total. The average Bonchev–Trinajstić information content (AvgIpc) is 2.64. The summed E-state index contributed by atoms with van der Waals surface area (Å²) in [6, 6.07) is 3.50. The molecule has 0 radical (unpaired) electrons. The van der Waals surface area contributed by atoms with Crippen molar-refractivity contribution in [1.82, 2.24) is 0 Å². The Kier molecular flexibility index (Phi) is 4.16. The Balaban J connectivity index is 2.21. The lowest BCUT2D eigenvalue weighted by atomic mass is 10.1. The largest absolute Gasteiger partial charge is 0.431 e. The zero-order chi connectivity index (χ0) is 17.5. The van der Waals surface area contributed by atoms with E-state index < -0.39 is 23.8 Å². The maximum Gasteiger partial charge on any atom is 0.431 e. The minimum absolute atomic E-state index is 0.0189. The SMILES string of the molecule is CC1=C(C(F)(F)F)N2C(=NC1)[C@H](CC=O)OCc1cc(F)ccc12. The lowest BCUT2D eigenvalue weighted by molar-refractivity contribution is -0.109. The van der Waals surface area contributed by atoms with E-state index in [1.54, 1.807) is 0 Å². The standard InChI is InChI=1S/C16H14F4N2O2/c1-9-7-21-15-13(4-5-23)24-8-10-6-11(17)2-3-12(10)22(15)14(9)16(18,19)20/h2-3,5-6,13H,4,7-8H2,1H3/t13-/m0/s1. The summed E-state index contributed by atoms with van der Waals surface area (Å²) in [5, 5.41) is 0. The van der Waals surface area contributed by atoms with Gasteiger partial charge in [-0.3, -0.25) is 9.89 Å². The number of fused-ring (bicyclic) bond motifs is 3. The van der Waals surface area contributed by atoms with Crippen molar-refractivity contribution in [3.8, 4) is 0 Å². The first-order valence-electron chi connectivity index (χ1n) is 7.28. The number of rotatable bonds is 2. The fourth-order valence-corrected chi connectivity index (χ4v) is 2.92. The molecule has 0 bridgehead atoms. The Morgan fingerprint density at radius 1 is 1.42 bits per heavy atom. The molecule has 1 aromatic carbocycles. The molecule has 0 fully saturated rings. The lowest BCUT2D eigenvalue weighted by Gasteiger charge is -2.35. The number of alkyl halides is 3. The number of halogens is 4. The first-order chi connectivity index (χ1) is 11.3. The quantitative estimate of drug-likeness (QED) is 0.611. The zero-order valence-corrected chi connectivity index (χ0v) is 12.7. The molecule has 128 valence electrons. The van der Waals surface area contributed by atoms with E-state index in [9.17, 15) is 22.4 Å². The number of anilines is 1. The van der Waals surface area contributed by atoms with Crippen LogP contribution >= 0.6 is 0 Å². The number of carbonyl (C=O) groups is 1. The predicted molar refractivity (Wildman–Crippen MR) is 79.2 cm³/mol. The third-order valence-electron chi connectivity index (χ3n) is 3.92. The Morgan fingerprint density at radius 3 is 2.83 bits per heavy atom.